The molecule has 1 aliphatic carbocycles. The van der Waals surface area contributed by atoms with Crippen LogP contribution in [0.25, 0.3) is 9.69 Å². The monoisotopic (exact) mass is 672 g/mol. The maximum Gasteiger partial charge on any atom is 0.211 e. The lowest BCUT2D eigenvalue weighted by Crippen LogP contribution is -2.08. The van der Waals surface area contributed by atoms with Crippen molar-refractivity contribution in [1.82, 2.24) is 0 Å². The Balaban J connectivity index is 1.84. The molecule has 0 fully saturated rings. The Morgan fingerprint density at radius 3 is 1.18 bits per heavy atom. The molecular weight excluding hydrogens is 632 g/mol. The number of unbranched alkanes of at least 4 members (excludes halogenated alkanes) is 2. The highest BCUT2D eigenvalue weighted by molar-refractivity contribution is 5.75. The summed E-state index contributed by atoms with van der Waals surface area (Å²) in [6.07, 6.45) is 5.21. The van der Waals surface area contributed by atoms with E-state index >= 15 is 0 Å². The summed E-state index contributed by atoms with van der Waals surface area (Å²) in [5.41, 5.74) is 6.31. The number of fused-ring (bicyclic) bond motifs is 8. The third-order valence-corrected chi connectivity index (χ3v) is 8.71. The molecule has 0 saturated carbocycles. The van der Waals surface area contributed by atoms with Gasteiger partial charge in [0.05, 0.1) is 26.4 Å². The summed E-state index contributed by atoms with van der Waals surface area (Å²) < 4.78 is 12.8. The molecule has 4 N–H and O–H groups in total. The van der Waals surface area contributed by atoms with Crippen molar-refractivity contribution in [1.29, 1.82) is 0 Å². The molecule has 256 valence electrons. The number of hydrogen-bond donors (Lipinski definition) is 4. The van der Waals surface area contributed by atoms with Crippen LogP contribution in [0.2, 0.25) is 0 Å². The van der Waals surface area contributed by atoms with E-state index in [2.05, 4.69) is 34.2 Å². The molecular formula is C40H40N4O6. The molecule has 8 bridgehead atoms. The zero-order valence-corrected chi connectivity index (χ0v) is 28.3. The van der Waals surface area contributed by atoms with Crippen molar-refractivity contribution in [3.63, 3.8) is 0 Å². The van der Waals surface area contributed by atoms with Gasteiger partial charge in [-0.3, -0.25) is 9.59 Å². The van der Waals surface area contributed by atoms with Crippen LogP contribution in [0.3, 0.4) is 0 Å². The van der Waals surface area contributed by atoms with E-state index in [1.54, 1.807) is 48.5 Å². The SMILES string of the molecule is [C-]#[N+]c1cc2c(OCCCC)c(c1)Cc1cc(NC=O)cc(c1O)Cc1cc([N+]#[C-])cc(c1OCCCC)Cc1cc(NC=O)cc(c1O)C2. The summed E-state index contributed by atoms with van der Waals surface area (Å²) in [5, 5.41) is 29.1. The predicted octanol–water partition coefficient (Wildman–Crippen LogP) is 8.37. The van der Waals surface area contributed by atoms with Crippen LogP contribution in [0.1, 0.15) is 84.0 Å². The second kappa shape index (κ2) is 16.4. The smallest absolute Gasteiger partial charge is 0.211 e. The van der Waals surface area contributed by atoms with Gasteiger partial charge >= 0.3 is 0 Å². The number of rotatable bonds is 12. The molecule has 2 amide bonds. The number of phenols is 2. The van der Waals surface area contributed by atoms with E-state index in [1.165, 1.54) is 0 Å². The number of carbonyl (C=O) groups excluding carboxylic acids is 2. The molecule has 0 spiro atoms. The van der Waals surface area contributed by atoms with E-state index in [0.29, 0.717) is 105 Å². The zero-order valence-electron chi connectivity index (χ0n) is 28.3. The fourth-order valence-corrected chi connectivity index (χ4v) is 6.32. The Morgan fingerprint density at radius 2 is 0.920 bits per heavy atom. The van der Waals surface area contributed by atoms with Crippen molar-refractivity contribution in [3.05, 3.63) is 116 Å². The van der Waals surface area contributed by atoms with Gasteiger partial charge < -0.3 is 30.3 Å². The van der Waals surface area contributed by atoms with Crippen molar-refractivity contribution < 1.29 is 29.3 Å². The van der Waals surface area contributed by atoms with Gasteiger partial charge in [-0.1, -0.05) is 26.7 Å². The van der Waals surface area contributed by atoms with E-state index in [0.717, 1.165) is 25.7 Å². The minimum Gasteiger partial charge on any atom is -0.507 e. The van der Waals surface area contributed by atoms with E-state index in [9.17, 15) is 19.8 Å². The molecule has 0 radical (unpaired) electrons. The summed E-state index contributed by atoms with van der Waals surface area (Å²) in [4.78, 5) is 30.7. The molecule has 1 aliphatic rings. The first-order chi connectivity index (χ1) is 24.3. The lowest BCUT2D eigenvalue weighted by atomic mass is 9.90. The summed E-state index contributed by atoms with van der Waals surface area (Å²) in [6.45, 7) is 20.7. The van der Waals surface area contributed by atoms with Crippen LogP contribution in [0, 0.1) is 13.1 Å². The average Bonchev–Trinajstić information content (AvgIpc) is 3.10. The molecule has 4 aromatic rings. The molecule has 0 aromatic heterocycles. The third-order valence-electron chi connectivity index (χ3n) is 8.71. The highest BCUT2D eigenvalue weighted by atomic mass is 16.5. The Hall–Kier alpha value is -6.00. The van der Waals surface area contributed by atoms with Crippen LogP contribution in [0.5, 0.6) is 23.0 Å². The number of aromatic hydroxyl groups is 2. The second-order valence-corrected chi connectivity index (χ2v) is 12.3. The molecule has 0 aliphatic heterocycles. The van der Waals surface area contributed by atoms with Crippen LogP contribution in [0.4, 0.5) is 22.7 Å². The summed E-state index contributed by atoms with van der Waals surface area (Å²) in [7, 11) is 0. The molecule has 50 heavy (non-hydrogen) atoms. The van der Waals surface area contributed by atoms with Crippen LogP contribution in [-0.4, -0.2) is 36.2 Å². The van der Waals surface area contributed by atoms with E-state index in [1.807, 2.05) is 0 Å². The normalized spacial score (nSPS) is 11.8. The maximum absolute atomic E-state index is 11.8. The van der Waals surface area contributed by atoms with E-state index in [4.69, 9.17) is 22.6 Å². The molecule has 10 heteroatoms. The minimum atomic E-state index is 0.0181. The predicted molar refractivity (Wildman–Crippen MR) is 193 cm³/mol. The van der Waals surface area contributed by atoms with Gasteiger partial charge in [0.15, 0.2) is 11.4 Å². The van der Waals surface area contributed by atoms with Gasteiger partial charge in [0.25, 0.3) is 0 Å². The van der Waals surface area contributed by atoms with Gasteiger partial charge in [0.2, 0.25) is 12.8 Å². The first-order valence-corrected chi connectivity index (χ1v) is 16.7. The topological polar surface area (TPSA) is 126 Å². The summed E-state index contributed by atoms with van der Waals surface area (Å²) in [6, 6.07) is 13.7. The first kappa shape index (κ1) is 35.3. The molecule has 0 unspecified atom stereocenters. The number of nitrogens with one attached hydrogen (secondary N) is 2. The van der Waals surface area contributed by atoms with Gasteiger partial charge in [-0.05, 0) is 83.6 Å². The molecule has 0 heterocycles. The van der Waals surface area contributed by atoms with Gasteiger partial charge in [-0.15, -0.1) is 0 Å². The van der Waals surface area contributed by atoms with Crippen molar-refractivity contribution in [2.45, 2.75) is 65.2 Å². The lowest BCUT2D eigenvalue weighted by Gasteiger charge is -2.22. The fourth-order valence-electron chi connectivity index (χ4n) is 6.32. The second-order valence-electron chi connectivity index (χ2n) is 12.3. The van der Waals surface area contributed by atoms with Crippen LogP contribution in [0.15, 0.2) is 48.5 Å². The summed E-state index contributed by atoms with van der Waals surface area (Å²) >= 11 is 0. The standard InChI is InChI=1S/C40H40N4O6/c1-5-7-9-49-39-29-11-25-15-35(43-23-45)17-27(37(25)47)13-31-21-34(42-4)22-32(40(31)50-10-8-6-2)14-28-18-36(44-24-46)16-26(38(28)48)12-30(39)20-33(19-29)41-3/h15-24,47-48H,5-14H2,1-2H3,(H,43,45)(H,44,46). The van der Waals surface area contributed by atoms with E-state index < -0.39 is 0 Å². The number of benzene rings is 4. The Morgan fingerprint density at radius 1 is 0.600 bits per heavy atom. The van der Waals surface area contributed by atoms with Crippen molar-refractivity contribution in [3.8, 4) is 23.0 Å². The Labute approximate surface area is 292 Å². The molecule has 0 atom stereocenters. The highest BCUT2D eigenvalue weighted by Gasteiger charge is 2.23. The van der Waals surface area contributed by atoms with Crippen molar-refractivity contribution in [2.75, 3.05) is 23.8 Å². The maximum atomic E-state index is 11.8. The molecule has 10 nitrogen and oxygen atoms in total. The molecule has 5 rings (SSSR count). The molecule has 0 saturated heterocycles. The first-order valence-electron chi connectivity index (χ1n) is 16.7. The van der Waals surface area contributed by atoms with Gasteiger partial charge in [0.1, 0.15) is 23.0 Å². The van der Waals surface area contributed by atoms with Crippen molar-refractivity contribution in [2.24, 2.45) is 0 Å². The highest BCUT2D eigenvalue weighted by Crippen LogP contribution is 2.42. The number of hydrogen-bond acceptors (Lipinski definition) is 6. The number of anilines is 2. The van der Waals surface area contributed by atoms with E-state index in [-0.39, 0.29) is 37.2 Å². The zero-order chi connectivity index (χ0) is 35.6. The quantitative estimate of drug-likeness (QED) is 0.0457. The minimum absolute atomic E-state index is 0.0181. The van der Waals surface area contributed by atoms with Gasteiger partial charge in [0, 0.05) is 59.3 Å². The fraction of sp³-hybridized carbons (Fsp3) is 0.300. The Kier molecular flexibility index (Phi) is 11.6. The molecule has 4 aromatic carbocycles. The van der Waals surface area contributed by atoms with Crippen LogP contribution >= 0.6 is 0 Å². The largest absolute Gasteiger partial charge is 0.507 e. The van der Waals surface area contributed by atoms with Gasteiger partial charge in [-0.25, -0.2) is 9.69 Å². The number of phenolic OH excluding ortho intramolecular Hbond substituents is 2. The van der Waals surface area contributed by atoms with Crippen LogP contribution < -0.4 is 20.1 Å². The average molecular weight is 673 g/mol. The van der Waals surface area contributed by atoms with Crippen LogP contribution in [-0.2, 0) is 35.3 Å². The van der Waals surface area contributed by atoms with Crippen molar-refractivity contribution >= 4 is 35.6 Å². The number of nitrogens with zero attached hydrogens (tertiary/aromatic N) is 2. The number of ether oxygens (including phenoxy) is 2. The number of amides is 2. The Bertz CT molecular complexity index is 1750. The lowest BCUT2D eigenvalue weighted by molar-refractivity contribution is -0.106. The third kappa shape index (κ3) is 7.99. The summed E-state index contributed by atoms with van der Waals surface area (Å²) in [5.74, 6) is 1.12. The number of carbonyl (C=O) groups is 2. The van der Waals surface area contributed by atoms with Gasteiger partial charge in [-0.2, -0.15) is 0 Å².